The topological polar surface area (TPSA) is 29.5 Å². The molecule has 0 aromatic heterocycles. The molecule has 0 spiro atoms. The molecular formula is C18H25NO2. The Hall–Kier alpha value is -1.51. The summed E-state index contributed by atoms with van der Waals surface area (Å²) in [5.74, 6) is 1.58. The Morgan fingerprint density at radius 1 is 1.29 bits per heavy atom. The summed E-state index contributed by atoms with van der Waals surface area (Å²) in [5, 5.41) is 0. The average Bonchev–Trinajstić information content (AvgIpc) is 3.16. The third kappa shape index (κ3) is 2.66. The summed E-state index contributed by atoms with van der Waals surface area (Å²) in [7, 11) is 0. The Balaban J connectivity index is 2.03. The van der Waals surface area contributed by atoms with E-state index in [2.05, 4.69) is 32.9 Å². The van der Waals surface area contributed by atoms with Crippen LogP contribution in [0.2, 0.25) is 0 Å². The van der Waals surface area contributed by atoms with E-state index in [-0.39, 0.29) is 11.3 Å². The molecule has 0 N–H and O–H groups in total. The van der Waals surface area contributed by atoms with Gasteiger partial charge in [-0.1, -0.05) is 26.8 Å². The van der Waals surface area contributed by atoms with Gasteiger partial charge < -0.3 is 9.64 Å². The van der Waals surface area contributed by atoms with Crippen LogP contribution >= 0.6 is 0 Å². The van der Waals surface area contributed by atoms with Crippen molar-refractivity contribution >= 4 is 11.6 Å². The molecule has 0 unspecified atom stereocenters. The zero-order valence-electron chi connectivity index (χ0n) is 13.7. The molecule has 1 fully saturated rings. The van der Waals surface area contributed by atoms with E-state index in [1.54, 1.807) is 0 Å². The third-order valence-electron chi connectivity index (χ3n) is 4.38. The first kappa shape index (κ1) is 14.4. The number of anilines is 1. The molecule has 0 radical (unpaired) electrons. The number of rotatable bonds is 2. The minimum atomic E-state index is -0.779. The van der Waals surface area contributed by atoms with E-state index in [9.17, 15) is 4.79 Å². The summed E-state index contributed by atoms with van der Waals surface area (Å²) >= 11 is 0. The van der Waals surface area contributed by atoms with E-state index in [0.29, 0.717) is 5.92 Å². The summed E-state index contributed by atoms with van der Waals surface area (Å²) in [4.78, 5) is 14.6. The van der Waals surface area contributed by atoms with Gasteiger partial charge in [0.25, 0.3) is 5.91 Å². The van der Waals surface area contributed by atoms with Crippen LogP contribution in [0.5, 0.6) is 5.75 Å². The van der Waals surface area contributed by atoms with E-state index in [0.717, 1.165) is 18.0 Å². The second kappa shape index (κ2) is 4.49. The number of carbonyl (C=O) groups excluding carboxylic acids is 1. The lowest BCUT2D eigenvalue weighted by atomic mass is 9.86. The molecule has 1 aliphatic carbocycles. The van der Waals surface area contributed by atoms with E-state index in [4.69, 9.17) is 4.74 Å². The average molecular weight is 287 g/mol. The number of hydrogen-bond donors (Lipinski definition) is 0. The maximum atomic E-state index is 12.7. The van der Waals surface area contributed by atoms with Crippen molar-refractivity contribution in [3.05, 3.63) is 23.8 Å². The van der Waals surface area contributed by atoms with Crippen LogP contribution in [-0.2, 0) is 10.2 Å². The first-order valence-corrected chi connectivity index (χ1v) is 7.84. The fourth-order valence-electron chi connectivity index (χ4n) is 2.78. The van der Waals surface area contributed by atoms with Crippen molar-refractivity contribution in [1.29, 1.82) is 0 Å². The number of amides is 1. The van der Waals surface area contributed by atoms with Crippen molar-refractivity contribution in [2.75, 3.05) is 11.4 Å². The van der Waals surface area contributed by atoms with Crippen LogP contribution in [0.15, 0.2) is 18.2 Å². The van der Waals surface area contributed by atoms with Crippen LogP contribution in [0.3, 0.4) is 0 Å². The van der Waals surface area contributed by atoms with Crippen LogP contribution < -0.4 is 9.64 Å². The molecular weight excluding hydrogens is 262 g/mol. The highest BCUT2D eigenvalue weighted by Gasteiger charge is 2.42. The van der Waals surface area contributed by atoms with Gasteiger partial charge in [0.05, 0.1) is 5.69 Å². The zero-order valence-corrected chi connectivity index (χ0v) is 13.7. The highest BCUT2D eigenvalue weighted by Crippen LogP contribution is 2.42. The van der Waals surface area contributed by atoms with Gasteiger partial charge in [0.2, 0.25) is 0 Å². The standard InChI is InChI=1S/C18H25NO2/c1-17(2,3)13-8-9-14-15(10-13)21-18(4,5)16(20)19(14)11-12-6-7-12/h8-10,12H,6-7,11H2,1-5H3. The molecule has 1 aromatic rings. The number of hydrogen-bond acceptors (Lipinski definition) is 2. The summed E-state index contributed by atoms with van der Waals surface area (Å²) in [6.07, 6.45) is 2.47. The van der Waals surface area contributed by atoms with Gasteiger partial charge in [0.15, 0.2) is 5.60 Å². The van der Waals surface area contributed by atoms with Gasteiger partial charge in [-0.15, -0.1) is 0 Å². The van der Waals surface area contributed by atoms with Crippen LogP contribution in [0.1, 0.15) is 53.0 Å². The molecule has 3 rings (SSSR count). The molecule has 1 aliphatic heterocycles. The molecule has 0 saturated heterocycles. The normalized spacial score (nSPS) is 21.0. The number of fused-ring (bicyclic) bond motifs is 1. The van der Waals surface area contributed by atoms with Crippen molar-refractivity contribution in [3.8, 4) is 5.75 Å². The lowest BCUT2D eigenvalue weighted by Crippen LogP contribution is -2.53. The summed E-state index contributed by atoms with van der Waals surface area (Å²) in [6.45, 7) is 11.1. The molecule has 1 saturated carbocycles. The zero-order chi connectivity index (χ0) is 15.4. The Morgan fingerprint density at radius 3 is 2.52 bits per heavy atom. The molecule has 1 aromatic carbocycles. The highest BCUT2D eigenvalue weighted by molar-refractivity contribution is 6.02. The van der Waals surface area contributed by atoms with Crippen molar-refractivity contribution in [2.45, 2.75) is 58.5 Å². The van der Waals surface area contributed by atoms with Gasteiger partial charge in [-0.05, 0) is 55.7 Å². The Bertz CT molecular complexity index is 579. The molecule has 21 heavy (non-hydrogen) atoms. The quantitative estimate of drug-likeness (QED) is 0.825. The van der Waals surface area contributed by atoms with Gasteiger partial charge in [-0.2, -0.15) is 0 Å². The molecule has 1 heterocycles. The monoisotopic (exact) mass is 287 g/mol. The maximum absolute atomic E-state index is 12.7. The van der Waals surface area contributed by atoms with Crippen molar-refractivity contribution in [2.24, 2.45) is 5.92 Å². The van der Waals surface area contributed by atoms with Crippen LogP contribution in [0, 0.1) is 5.92 Å². The lowest BCUT2D eigenvalue weighted by Gasteiger charge is -2.39. The molecule has 0 bridgehead atoms. The Labute approximate surface area is 127 Å². The van der Waals surface area contributed by atoms with E-state index < -0.39 is 5.60 Å². The minimum Gasteiger partial charge on any atom is -0.476 e. The molecule has 2 aliphatic rings. The summed E-state index contributed by atoms with van der Waals surface area (Å²) in [5.41, 5.74) is 1.46. The third-order valence-corrected chi connectivity index (χ3v) is 4.38. The van der Waals surface area contributed by atoms with Crippen LogP contribution in [-0.4, -0.2) is 18.1 Å². The minimum absolute atomic E-state index is 0.0745. The smallest absolute Gasteiger partial charge is 0.270 e. The lowest BCUT2D eigenvalue weighted by molar-refractivity contribution is -0.132. The van der Waals surface area contributed by atoms with Crippen molar-refractivity contribution < 1.29 is 9.53 Å². The highest BCUT2D eigenvalue weighted by atomic mass is 16.5. The SMILES string of the molecule is CC1(C)Oc2cc(C(C)(C)C)ccc2N(CC2CC2)C1=O. The summed E-state index contributed by atoms with van der Waals surface area (Å²) < 4.78 is 6.01. The summed E-state index contributed by atoms with van der Waals surface area (Å²) in [6, 6.07) is 6.27. The second-order valence-electron chi connectivity index (χ2n) is 7.90. The predicted octanol–water partition coefficient (Wildman–Crippen LogP) is 3.90. The van der Waals surface area contributed by atoms with Gasteiger partial charge in [0.1, 0.15) is 5.75 Å². The Kier molecular flexibility index (Phi) is 3.09. The molecule has 0 atom stereocenters. The molecule has 3 nitrogen and oxygen atoms in total. The Morgan fingerprint density at radius 2 is 1.95 bits per heavy atom. The largest absolute Gasteiger partial charge is 0.476 e. The first-order valence-electron chi connectivity index (χ1n) is 7.84. The van der Waals surface area contributed by atoms with Crippen molar-refractivity contribution in [3.63, 3.8) is 0 Å². The van der Waals surface area contributed by atoms with Gasteiger partial charge in [0, 0.05) is 6.54 Å². The predicted molar refractivity (Wildman–Crippen MR) is 84.9 cm³/mol. The molecule has 3 heteroatoms. The first-order chi connectivity index (χ1) is 9.68. The fraction of sp³-hybridized carbons (Fsp3) is 0.611. The van der Waals surface area contributed by atoms with Crippen LogP contribution in [0.25, 0.3) is 0 Å². The fourth-order valence-corrected chi connectivity index (χ4v) is 2.78. The van der Waals surface area contributed by atoms with Crippen LogP contribution in [0.4, 0.5) is 5.69 Å². The number of nitrogens with zero attached hydrogens (tertiary/aromatic N) is 1. The maximum Gasteiger partial charge on any atom is 0.270 e. The van der Waals surface area contributed by atoms with Crippen molar-refractivity contribution in [1.82, 2.24) is 0 Å². The number of carbonyl (C=O) groups is 1. The van der Waals surface area contributed by atoms with E-state index in [1.807, 2.05) is 24.8 Å². The number of benzene rings is 1. The van der Waals surface area contributed by atoms with Gasteiger partial charge >= 0.3 is 0 Å². The molecule has 114 valence electrons. The number of ether oxygens (including phenoxy) is 1. The van der Waals surface area contributed by atoms with Gasteiger partial charge in [-0.25, -0.2) is 0 Å². The van der Waals surface area contributed by atoms with E-state index >= 15 is 0 Å². The molecule has 1 amide bonds. The van der Waals surface area contributed by atoms with Gasteiger partial charge in [-0.3, -0.25) is 4.79 Å². The second-order valence-corrected chi connectivity index (χ2v) is 7.90. The van der Waals surface area contributed by atoms with E-state index in [1.165, 1.54) is 18.4 Å².